The van der Waals surface area contributed by atoms with E-state index >= 15 is 0 Å². The molecule has 0 saturated heterocycles. The molecule has 1 heterocycles. The SMILES string of the molecule is CCC1CN(C(=Nc2cccc(CC(F)(F)F)c2)NC#N)N=C1c1ccc(Cl)c(Cl)c1. The summed E-state index contributed by atoms with van der Waals surface area (Å²) in [6, 6.07) is 11.0. The Bertz CT molecular complexity index is 1060. The van der Waals surface area contributed by atoms with E-state index in [2.05, 4.69) is 15.4 Å². The second kappa shape index (κ2) is 9.58. The van der Waals surface area contributed by atoms with Crippen molar-refractivity contribution in [3.8, 4) is 6.19 Å². The monoisotopic (exact) mass is 467 g/mol. The highest BCUT2D eigenvalue weighted by Crippen LogP contribution is 2.29. The summed E-state index contributed by atoms with van der Waals surface area (Å²) in [4.78, 5) is 4.34. The number of nitrogens with zero attached hydrogens (tertiary/aromatic N) is 4. The third-order valence-corrected chi connectivity index (χ3v) is 5.42. The molecule has 0 fully saturated rings. The molecule has 0 radical (unpaired) electrons. The first-order valence-corrected chi connectivity index (χ1v) is 10.2. The van der Waals surface area contributed by atoms with Crippen LogP contribution in [-0.2, 0) is 6.42 Å². The third-order valence-electron chi connectivity index (χ3n) is 4.68. The van der Waals surface area contributed by atoms with Crippen LogP contribution in [0.2, 0.25) is 10.0 Å². The Morgan fingerprint density at radius 3 is 2.68 bits per heavy atom. The van der Waals surface area contributed by atoms with E-state index in [9.17, 15) is 13.2 Å². The molecule has 162 valence electrons. The Labute approximate surface area is 187 Å². The molecule has 2 aromatic rings. The number of aliphatic imine (C=N–C) groups is 1. The normalized spacial score (nSPS) is 16.8. The molecule has 0 saturated carbocycles. The summed E-state index contributed by atoms with van der Waals surface area (Å²) < 4.78 is 38.1. The molecule has 3 rings (SSSR count). The number of nitriles is 1. The zero-order valence-corrected chi connectivity index (χ0v) is 17.9. The van der Waals surface area contributed by atoms with Crippen LogP contribution >= 0.6 is 23.2 Å². The number of hydrogen-bond donors (Lipinski definition) is 1. The molecule has 1 aliphatic heterocycles. The molecule has 1 unspecified atom stereocenters. The first kappa shape index (κ1) is 22.9. The lowest BCUT2D eigenvalue weighted by Crippen LogP contribution is -2.35. The largest absolute Gasteiger partial charge is 0.393 e. The maximum absolute atomic E-state index is 12.7. The number of nitrogens with one attached hydrogen (secondary N) is 1. The quantitative estimate of drug-likeness (QED) is 0.263. The van der Waals surface area contributed by atoms with Crippen LogP contribution in [0.25, 0.3) is 0 Å². The fraction of sp³-hybridized carbons (Fsp3) is 0.286. The van der Waals surface area contributed by atoms with Crippen LogP contribution in [-0.4, -0.2) is 29.4 Å². The van der Waals surface area contributed by atoms with Crippen molar-refractivity contribution in [1.82, 2.24) is 10.3 Å². The van der Waals surface area contributed by atoms with E-state index in [0.29, 0.717) is 16.6 Å². The van der Waals surface area contributed by atoms with E-state index in [1.165, 1.54) is 23.2 Å². The van der Waals surface area contributed by atoms with Gasteiger partial charge in [-0.2, -0.15) is 23.5 Å². The molecule has 0 bridgehead atoms. The highest BCUT2D eigenvalue weighted by atomic mass is 35.5. The molecule has 31 heavy (non-hydrogen) atoms. The summed E-state index contributed by atoms with van der Waals surface area (Å²) in [5.74, 6) is 0.166. The predicted molar refractivity (Wildman–Crippen MR) is 116 cm³/mol. The van der Waals surface area contributed by atoms with Crippen molar-refractivity contribution >= 4 is 40.6 Å². The van der Waals surface area contributed by atoms with Crippen molar-refractivity contribution in [2.45, 2.75) is 25.9 Å². The molecule has 0 aliphatic carbocycles. The summed E-state index contributed by atoms with van der Waals surface area (Å²) in [6.45, 7) is 2.46. The van der Waals surface area contributed by atoms with Gasteiger partial charge in [-0.05, 0) is 41.8 Å². The van der Waals surface area contributed by atoms with E-state index in [1.54, 1.807) is 18.2 Å². The molecule has 0 aromatic heterocycles. The van der Waals surface area contributed by atoms with E-state index < -0.39 is 12.6 Å². The summed E-state index contributed by atoms with van der Waals surface area (Å²) in [7, 11) is 0. The summed E-state index contributed by atoms with van der Waals surface area (Å²) >= 11 is 12.1. The van der Waals surface area contributed by atoms with Crippen molar-refractivity contribution in [1.29, 1.82) is 5.26 Å². The fourth-order valence-corrected chi connectivity index (χ4v) is 3.54. The van der Waals surface area contributed by atoms with Crippen molar-refractivity contribution in [2.24, 2.45) is 16.0 Å². The molecule has 1 N–H and O–H groups in total. The van der Waals surface area contributed by atoms with Crippen molar-refractivity contribution in [3.05, 3.63) is 63.6 Å². The van der Waals surface area contributed by atoms with Gasteiger partial charge in [-0.15, -0.1) is 0 Å². The van der Waals surface area contributed by atoms with Crippen LogP contribution < -0.4 is 5.32 Å². The number of benzene rings is 2. The van der Waals surface area contributed by atoms with Gasteiger partial charge in [0.2, 0.25) is 5.96 Å². The van der Waals surface area contributed by atoms with Gasteiger partial charge in [-0.1, -0.05) is 48.3 Å². The number of hydrogen-bond acceptors (Lipinski definition) is 3. The smallest absolute Gasteiger partial charge is 0.261 e. The number of hydrazone groups is 1. The van der Waals surface area contributed by atoms with E-state index in [1.807, 2.05) is 19.2 Å². The van der Waals surface area contributed by atoms with Crippen LogP contribution in [0.4, 0.5) is 18.9 Å². The van der Waals surface area contributed by atoms with Gasteiger partial charge in [0.1, 0.15) is 0 Å². The van der Waals surface area contributed by atoms with Gasteiger partial charge in [0.05, 0.1) is 34.4 Å². The Morgan fingerprint density at radius 2 is 2.03 bits per heavy atom. The summed E-state index contributed by atoms with van der Waals surface area (Å²) in [5, 5.41) is 18.6. The predicted octanol–water partition coefficient (Wildman–Crippen LogP) is 5.90. The first-order chi connectivity index (χ1) is 14.7. The van der Waals surface area contributed by atoms with E-state index in [-0.39, 0.29) is 23.1 Å². The van der Waals surface area contributed by atoms with E-state index in [0.717, 1.165) is 17.7 Å². The van der Waals surface area contributed by atoms with Crippen molar-refractivity contribution < 1.29 is 13.2 Å². The zero-order valence-electron chi connectivity index (χ0n) is 16.4. The van der Waals surface area contributed by atoms with Crippen LogP contribution in [0.15, 0.2) is 52.6 Å². The maximum atomic E-state index is 12.7. The minimum atomic E-state index is -4.32. The van der Waals surface area contributed by atoms with Crippen LogP contribution in [0.1, 0.15) is 24.5 Å². The van der Waals surface area contributed by atoms with Gasteiger partial charge in [-0.3, -0.25) is 5.32 Å². The first-order valence-electron chi connectivity index (χ1n) is 9.41. The molecule has 5 nitrogen and oxygen atoms in total. The molecular formula is C21H18Cl2F3N5. The summed E-state index contributed by atoms with van der Waals surface area (Å²) in [6.07, 6.45) is -2.79. The minimum absolute atomic E-state index is 0.0412. The summed E-state index contributed by atoms with van der Waals surface area (Å²) in [5.41, 5.74) is 1.93. The van der Waals surface area contributed by atoms with Crippen molar-refractivity contribution in [2.75, 3.05) is 6.54 Å². The van der Waals surface area contributed by atoms with Crippen molar-refractivity contribution in [3.63, 3.8) is 0 Å². The Hall–Kier alpha value is -2.76. The minimum Gasteiger partial charge on any atom is -0.261 e. The highest BCUT2D eigenvalue weighted by Gasteiger charge is 2.30. The van der Waals surface area contributed by atoms with Gasteiger partial charge >= 0.3 is 6.18 Å². The lowest BCUT2D eigenvalue weighted by atomic mass is 9.95. The maximum Gasteiger partial charge on any atom is 0.393 e. The Kier molecular flexibility index (Phi) is 7.08. The standard InChI is InChI=1S/C21H18Cl2F3N5/c1-2-14-11-31(30-19(14)15-6-7-17(22)18(23)9-15)20(28-12-27)29-16-5-3-4-13(8-16)10-21(24,25)26/h3-9,14H,2,10-11H2,1H3,(H,28,29). The number of alkyl halides is 3. The Balaban J connectivity index is 1.94. The topological polar surface area (TPSA) is 63.8 Å². The average molecular weight is 468 g/mol. The lowest BCUT2D eigenvalue weighted by Gasteiger charge is -2.16. The van der Waals surface area contributed by atoms with Gasteiger partial charge in [-0.25, -0.2) is 10.0 Å². The number of halogens is 5. The molecule has 0 amide bonds. The molecule has 2 aromatic carbocycles. The molecule has 1 aliphatic rings. The highest BCUT2D eigenvalue weighted by molar-refractivity contribution is 6.42. The molecule has 10 heteroatoms. The van der Waals surface area contributed by atoms with Gasteiger partial charge < -0.3 is 0 Å². The van der Waals surface area contributed by atoms with E-state index in [4.69, 9.17) is 28.5 Å². The van der Waals surface area contributed by atoms with Crippen LogP contribution in [0.3, 0.4) is 0 Å². The van der Waals surface area contributed by atoms with Gasteiger partial charge in [0.25, 0.3) is 0 Å². The number of guanidine groups is 1. The molecule has 1 atom stereocenters. The van der Waals surface area contributed by atoms with Gasteiger partial charge in [0, 0.05) is 5.92 Å². The zero-order chi connectivity index (χ0) is 22.6. The molecule has 0 spiro atoms. The lowest BCUT2D eigenvalue weighted by molar-refractivity contribution is -0.127. The fourth-order valence-electron chi connectivity index (χ4n) is 3.24. The second-order valence-corrected chi connectivity index (χ2v) is 7.75. The van der Waals surface area contributed by atoms with Crippen LogP contribution in [0.5, 0.6) is 0 Å². The number of rotatable bonds is 4. The van der Waals surface area contributed by atoms with Crippen LogP contribution in [0, 0.1) is 17.4 Å². The third kappa shape index (κ3) is 5.90. The molecular weight excluding hydrogens is 450 g/mol. The Morgan fingerprint density at radius 1 is 1.26 bits per heavy atom. The second-order valence-electron chi connectivity index (χ2n) is 6.94. The van der Waals surface area contributed by atoms with Gasteiger partial charge in [0.15, 0.2) is 6.19 Å². The average Bonchev–Trinajstić information content (AvgIpc) is 3.13.